The molecule has 0 fully saturated rings. The number of anilines is 1. The van der Waals surface area contributed by atoms with Gasteiger partial charge in [-0.1, -0.05) is 0 Å². The van der Waals surface area contributed by atoms with E-state index in [4.69, 9.17) is 5.73 Å². The molecular formula is C6H4N4O4. The first-order valence-electron chi connectivity index (χ1n) is 3.53. The molecule has 0 amide bonds. The minimum absolute atomic E-state index is 0.0394. The summed E-state index contributed by atoms with van der Waals surface area (Å²) in [7, 11) is 0. The van der Waals surface area contributed by atoms with Crippen LogP contribution in [0.15, 0.2) is 16.8 Å². The molecule has 0 aliphatic heterocycles. The van der Waals surface area contributed by atoms with Crippen molar-refractivity contribution in [2.24, 2.45) is 0 Å². The first-order valence-corrected chi connectivity index (χ1v) is 3.53. The number of nitro benzene ring substituents is 1. The standard InChI is InChI=1S/C6H4N4O4/c7-5-4(9(11)12)2-1-3-6(5)10(13)14-8-3/h1-2H,7H2. The van der Waals surface area contributed by atoms with E-state index in [0.717, 1.165) is 0 Å². The maximum Gasteiger partial charge on any atom is 0.297 e. The van der Waals surface area contributed by atoms with Gasteiger partial charge in [-0.05, 0) is 4.90 Å². The largest absolute Gasteiger partial charge is 0.389 e. The van der Waals surface area contributed by atoms with E-state index in [2.05, 4.69) is 9.79 Å². The maximum absolute atomic E-state index is 11.0. The lowest BCUT2D eigenvalue weighted by atomic mass is 10.2. The van der Waals surface area contributed by atoms with E-state index in [9.17, 15) is 15.3 Å². The summed E-state index contributed by atoms with van der Waals surface area (Å²) in [5, 5.41) is 24.8. The van der Waals surface area contributed by atoms with Crippen molar-refractivity contribution >= 4 is 22.4 Å². The van der Waals surface area contributed by atoms with Gasteiger partial charge in [0.05, 0.1) is 4.92 Å². The fourth-order valence-electron chi connectivity index (χ4n) is 1.13. The zero-order valence-electron chi connectivity index (χ0n) is 6.71. The quantitative estimate of drug-likeness (QED) is 0.295. The molecule has 8 nitrogen and oxygen atoms in total. The van der Waals surface area contributed by atoms with Crippen LogP contribution in [-0.4, -0.2) is 10.1 Å². The molecule has 0 aliphatic rings. The van der Waals surface area contributed by atoms with Crippen LogP contribution in [-0.2, 0) is 0 Å². The average Bonchev–Trinajstić information content (AvgIpc) is 2.48. The van der Waals surface area contributed by atoms with Crippen LogP contribution in [0.2, 0.25) is 0 Å². The predicted octanol–water partition coefficient (Wildman–Crippen LogP) is -0.0484. The topological polar surface area (TPSA) is 122 Å². The van der Waals surface area contributed by atoms with Gasteiger partial charge in [0.15, 0.2) is 5.69 Å². The summed E-state index contributed by atoms with van der Waals surface area (Å²) in [4.78, 5) is 9.82. The first-order chi connectivity index (χ1) is 6.61. The first kappa shape index (κ1) is 8.23. The molecule has 1 aromatic carbocycles. The summed E-state index contributed by atoms with van der Waals surface area (Å²) >= 11 is 0. The zero-order valence-corrected chi connectivity index (χ0v) is 6.71. The van der Waals surface area contributed by atoms with E-state index in [1.165, 1.54) is 12.1 Å². The number of nitrogen functional groups attached to an aromatic ring is 1. The number of rotatable bonds is 1. The smallest absolute Gasteiger partial charge is 0.297 e. The number of fused-ring (bicyclic) bond motifs is 1. The highest BCUT2D eigenvalue weighted by molar-refractivity contribution is 5.88. The number of nitrogens with two attached hydrogens (primary N) is 1. The van der Waals surface area contributed by atoms with Crippen LogP contribution in [0, 0.1) is 15.3 Å². The van der Waals surface area contributed by atoms with Gasteiger partial charge >= 0.3 is 0 Å². The predicted molar refractivity (Wildman–Crippen MR) is 44.0 cm³/mol. The lowest BCUT2D eigenvalue weighted by molar-refractivity contribution is -0.781. The highest BCUT2D eigenvalue weighted by atomic mass is 16.8. The molecule has 14 heavy (non-hydrogen) atoms. The number of nitro groups is 1. The third-order valence-corrected chi connectivity index (χ3v) is 1.77. The van der Waals surface area contributed by atoms with Crippen LogP contribution in [0.5, 0.6) is 0 Å². The minimum Gasteiger partial charge on any atom is -0.389 e. The Morgan fingerprint density at radius 2 is 2.29 bits per heavy atom. The Kier molecular flexibility index (Phi) is 1.50. The molecule has 0 atom stereocenters. The van der Waals surface area contributed by atoms with Crippen molar-refractivity contribution < 1.29 is 14.5 Å². The Morgan fingerprint density at radius 3 is 2.93 bits per heavy atom. The van der Waals surface area contributed by atoms with Gasteiger partial charge < -0.3 is 10.9 Å². The molecule has 2 rings (SSSR count). The SMILES string of the molecule is Nc1c([N+](=O)[O-])ccc2no[n+]([O-])c12. The third kappa shape index (κ3) is 0.937. The summed E-state index contributed by atoms with van der Waals surface area (Å²) in [6.07, 6.45) is 0. The van der Waals surface area contributed by atoms with E-state index >= 15 is 0 Å². The van der Waals surface area contributed by atoms with E-state index in [0.29, 0.717) is 0 Å². The molecule has 72 valence electrons. The van der Waals surface area contributed by atoms with Crippen molar-refractivity contribution in [3.8, 4) is 0 Å². The normalized spacial score (nSPS) is 10.6. The highest BCUT2D eigenvalue weighted by Gasteiger charge is 2.22. The van der Waals surface area contributed by atoms with E-state index in [1.807, 2.05) is 0 Å². The Morgan fingerprint density at radius 1 is 1.57 bits per heavy atom. The summed E-state index contributed by atoms with van der Waals surface area (Å²) in [5.74, 6) is 0. The molecule has 0 unspecified atom stereocenters. The monoisotopic (exact) mass is 196 g/mol. The van der Waals surface area contributed by atoms with Gasteiger partial charge in [0.1, 0.15) is 0 Å². The summed E-state index contributed by atoms with van der Waals surface area (Å²) < 4.78 is 4.24. The summed E-state index contributed by atoms with van der Waals surface area (Å²) in [6.45, 7) is 0. The fourth-order valence-corrected chi connectivity index (χ4v) is 1.13. The van der Waals surface area contributed by atoms with Gasteiger partial charge in [0, 0.05) is 17.3 Å². The van der Waals surface area contributed by atoms with Crippen molar-refractivity contribution in [1.29, 1.82) is 0 Å². The molecule has 2 N–H and O–H groups in total. The number of benzene rings is 1. The summed E-state index contributed by atoms with van der Waals surface area (Å²) in [5.41, 5.74) is 4.87. The van der Waals surface area contributed by atoms with Crippen LogP contribution < -0.4 is 10.6 Å². The third-order valence-electron chi connectivity index (χ3n) is 1.77. The molecule has 0 spiro atoms. The molecular weight excluding hydrogens is 192 g/mol. The zero-order chi connectivity index (χ0) is 10.3. The second-order valence-corrected chi connectivity index (χ2v) is 2.55. The second-order valence-electron chi connectivity index (χ2n) is 2.55. The van der Waals surface area contributed by atoms with Gasteiger partial charge in [-0.2, -0.15) is 0 Å². The maximum atomic E-state index is 11.0. The molecule has 8 heteroatoms. The number of aromatic nitrogens is 2. The Hall–Kier alpha value is -2.38. The number of hydrogen-bond acceptors (Lipinski definition) is 6. The van der Waals surface area contributed by atoms with Gasteiger partial charge in [0.25, 0.3) is 16.7 Å². The van der Waals surface area contributed by atoms with Crippen molar-refractivity contribution in [3.05, 3.63) is 27.5 Å². The van der Waals surface area contributed by atoms with Crippen molar-refractivity contribution in [3.63, 3.8) is 0 Å². The molecule has 2 aromatic rings. The molecule has 0 aliphatic carbocycles. The summed E-state index contributed by atoms with van der Waals surface area (Å²) in [6, 6.07) is 2.46. The molecule has 1 heterocycles. The molecule has 0 radical (unpaired) electrons. The highest BCUT2D eigenvalue weighted by Crippen LogP contribution is 2.26. The van der Waals surface area contributed by atoms with Crippen LogP contribution in [0.3, 0.4) is 0 Å². The molecule has 0 saturated carbocycles. The van der Waals surface area contributed by atoms with Crippen LogP contribution >= 0.6 is 0 Å². The fraction of sp³-hybridized carbons (Fsp3) is 0. The van der Waals surface area contributed by atoms with Crippen LogP contribution in [0.1, 0.15) is 0 Å². The van der Waals surface area contributed by atoms with Crippen LogP contribution in [0.4, 0.5) is 11.4 Å². The van der Waals surface area contributed by atoms with E-state index in [-0.39, 0.29) is 27.3 Å². The Balaban J connectivity index is 2.86. The van der Waals surface area contributed by atoms with Crippen molar-refractivity contribution in [2.45, 2.75) is 0 Å². The van der Waals surface area contributed by atoms with Crippen LogP contribution in [0.25, 0.3) is 11.0 Å². The van der Waals surface area contributed by atoms with Crippen molar-refractivity contribution in [2.75, 3.05) is 5.73 Å². The number of nitrogens with zero attached hydrogens (tertiary/aromatic N) is 3. The molecule has 0 saturated heterocycles. The van der Waals surface area contributed by atoms with E-state index in [1.54, 1.807) is 0 Å². The lowest BCUT2D eigenvalue weighted by Crippen LogP contribution is -2.23. The van der Waals surface area contributed by atoms with Crippen molar-refractivity contribution in [1.82, 2.24) is 5.16 Å². The Bertz CT molecular complexity index is 520. The molecule has 1 aromatic heterocycles. The van der Waals surface area contributed by atoms with E-state index < -0.39 is 4.92 Å². The van der Waals surface area contributed by atoms with Gasteiger partial charge in [-0.15, -0.1) is 0 Å². The minimum atomic E-state index is -0.679. The lowest BCUT2D eigenvalue weighted by Gasteiger charge is -1.94. The second kappa shape index (κ2) is 2.55. The average molecular weight is 196 g/mol. The van der Waals surface area contributed by atoms with Gasteiger partial charge in [-0.3, -0.25) is 14.7 Å². The molecule has 0 bridgehead atoms. The van der Waals surface area contributed by atoms with Gasteiger partial charge in [-0.25, -0.2) is 0 Å². The number of hydrogen-bond donors (Lipinski definition) is 1. The van der Waals surface area contributed by atoms with Gasteiger partial charge in [0.2, 0.25) is 0 Å². The Labute approximate surface area is 76.2 Å².